The largest absolute Gasteiger partial charge is 0.612 e. The third-order valence-electron chi connectivity index (χ3n) is 8.06. The number of hydrogen-bond acceptors (Lipinski definition) is 8. The highest BCUT2D eigenvalue weighted by molar-refractivity contribution is 7.90. The summed E-state index contributed by atoms with van der Waals surface area (Å²) < 4.78 is 70.6. The minimum Gasteiger partial charge on any atom is -0.612 e. The fourth-order valence-corrected chi connectivity index (χ4v) is 6.23. The average Bonchev–Trinajstić information content (AvgIpc) is 3.37. The molecule has 2 heterocycles. The van der Waals surface area contributed by atoms with E-state index < -0.39 is 23.9 Å². The van der Waals surface area contributed by atoms with Crippen LogP contribution >= 0.6 is 0 Å². The standard InChI is InChI=1S/C34H43F3N4O5S/c1-6-33(42)46-26(22-44-3)21-40-17-14-24(15-18-40)38-29-10-7-11-30-28(29)19-25(41(30)23-34(35,36)37)9-8-16-39(2)31-13-12-27(47(5)43)20-32(31)45-4/h7,10-13,19-20,24,26,38H,6,14-18,21-23H2,1-5H3. The predicted molar refractivity (Wildman–Crippen MR) is 179 cm³/mol. The van der Waals surface area contributed by atoms with Gasteiger partial charge in [-0.15, -0.1) is 0 Å². The van der Waals surface area contributed by atoms with Gasteiger partial charge >= 0.3 is 12.1 Å². The van der Waals surface area contributed by atoms with Crippen LogP contribution in [0.5, 0.6) is 5.75 Å². The average molecular weight is 677 g/mol. The number of ether oxygens (including phenoxy) is 3. The van der Waals surface area contributed by atoms with Gasteiger partial charge in [-0.2, -0.15) is 13.2 Å². The van der Waals surface area contributed by atoms with Gasteiger partial charge in [-0.3, -0.25) is 9.69 Å². The second kappa shape index (κ2) is 16.5. The Morgan fingerprint density at radius 3 is 2.57 bits per heavy atom. The van der Waals surface area contributed by atoms with Crippen LogP contribution < -0.4 is 15.0 Å². The summed E-state index contributed by atoms with van der Waals surface area (Å²) in [6.45, 7) is 3.29. The number of anilines is 2. The molecule has 0 aliphatic carbocycles. The number of likely N-dealkylation sites (tertiary alicyclic amines) is 1. The molecule has 4 rings (SSSR count). The van der Waals surface area contributed by atoms with E-state index >= 15 is 0 Å². The van der Waals surface area contributed by atoms with Gasteiger partial charge in [-0.05, 0) is 60.3 Å². The van der Waals surface area contributed by atoms with E-state index in [4.69, 9.17) is 14.2 Å². The lowest BCUT2D eigenvalue weighted by Crippen LogP contribution is -2.44. The smallest absolute Gasteiger partial charge is 0.406 e. The maximum Gasteiger partial charge on any atom is 0.406 e. The van der Waals surface area contributed by atoms with Crippen LogP contribution in [0.15, 0.2) is 47.4 Å². The van der Waals surface area contributed by atoms with Crippen molar-refractivity contribution in [3.63, 3.8) is 0 Å². The molecular weight excluding hydrogens is 633 g/mol. The number of halogens is 3. The van der Waals surface area contributed by atoms with E-state index in [0.29, 0.717) is 41.1 Å². The summed E-state index contributed by atoms with van der Waals surface area (Å²) in [6, 6.07) is 12.4. The van der Waals surface area contributed by atoms with Crippen molar-refractivity contribution in [3.8, 4) is 17.6 Å². The zero-order valence-electron chi connectivity index (χ0n) is 27.5. The highest BCUT2D eigenvalue weighted by Gasteiger charge is 2.30. The Morgan fingerprint density at radius 1 is 1.19 bits per heavy atom. The van der Waals surface area contributed by atoms with Crippen molar-refractivity contribution in [2.45, 2.75) is 55.9 Å². The van der Waals surface area contributed by atoms with Crippen molar-refractivity contribution in [2.24, 2.45) is 0 Å². The highest BCUT2D eigenvalue weighted by Crippen LogP contribution is 2.32. The van der Waals surface area contributed by atoms with Gasteiger partial charge in [-0.25, -0.2) is 0 Å². The van der Waals surface area contributed by atoms with Crippen LogP contribution in [-0.4, -0.2) is 98.6 Å². The molecule has 1 saturated heterocycles. The lowest BCUT2D eigenvalue weighted by atomic mass is 10.0. The van der Waals surface area contributed by atoms with Gasteiger partial charge in [0.1, 0.15) is 24.7 Å². The topological polar surface area (TPSA) is 91.3 Å². The van der Waals surface area contributed by atoms with E-state index in [2.05, 4.69) is 22.1 Å². The van der Waals surface area contributed by atoms with Crippen molar-refractivity contribution in [1.29, 1.82) is 0 Å². The molecule has 9 nitrogen and oxygen atoms in total. The van der Waals surface area contributed by atoms with Crippen molar-refractivity contribution in [3.05, 3.63) is 48.2 Å². The maximum atomic E-state index is 13.7. The van der Waals surface area contributed by atoms with E-state index in [-0.39, 0.29) is 30.4 Å². The first-order valence-corrected chi connectivity index (χ1v) is 17.1. The van der Waals surface area contributed by atoms with Gasteiger partial charge in [0.05, 0.1) is 37.2 Å². The Kier molecular flexibility index (Phi) is 12.7. The Labute approximate surface area is 277 Å². The van der Waals surface area contributed by atoms with Gasteiger partial charge in [-0.1, -0.05) is 18.9 Å². The summed E-state index contributed by atoms with van der Waals surface area (Å²) in [6.07, 6.45) is -1.24. The molecule has 0 bridgehead atoms. The lowest BCUT2D eigenvalue weighted by molar-refractivity contribution is -0.152. The molecular formula is C34H43F3N4O5S. The SMILES string of the molecule is CCC(=O)OC(COC)CN1CCC(Nc2cccc3c2cc(C#CCN(C)c2ccc([S+](C)[O-])cc2OC)n3CC(F)(F)F)CC1. The second-order valence-electron chi connectivity index (χ2n) is 11.6. The molecule has 0 amide bonds. The molecule has 3 aromatic rings. The maximum absolute atomic E-state index is 13.7. The Balaban J connectivity index is 1.50. The molecule has 47 heavy (non-hydrogen) atoms. The van der Waals surface area contributed by atoms with Crippen LogP contribution in [0.4, 0.5) is 24.5 Å². The van der Waals surface area contributed by atoms with E-state index in [1.165, 1.54) is 11.7 Å². The van der Waals surface area contributed by atoms with Crippen molar-refractivity contribution in [2.75, 3.05) is 70.5 Å². The second-order valence-corrected chi connectivity index (χ2v) is 12.9. The molecule has 1 N–H and O–H groups in total. The lowest BCUT2D eigenvalue weighted by Gasteiger charge is -2.34. The summed E-state index contributed by atoms with van der Waals surface area (Å²) >= 11 is -1.17. The minimum absolute atomic E-state index is 0.122. The molecule has 1 aliphatic rings. The van der Waals surface area contributed by atoms with Gasteiger partial charge < -0.3 is 33.5 Å². The predicted octanol–water partition coefficient (Wildman–Crippen LogP) is 5.28. The number of alkyl halides is 3. The van der Waals surface area contributed by atoms with Crippen molar-refractivity contribution in [1.82, 2.24) is 9.47 Å². The van der Waals surface area contributed by atoms with Crippen LogP contribution in [0.2, 0.25) is 0 Å². The Bertz CT molecular complexity index is 1560. The van der Waals surface area contributed by atoms with Gasteiger partial charge in [0.15, 0.2) is 4.90 Å². The fourth-order valence-electron chi connectivity index (χ4n) is 5.70. The molecule has 1 aliphatic heterocycles. The zero-order valence-corrected chi connectivity index (χ0v) is 28.3. The number of carbonyl (C=O) groups excluding carboxylic acids is 1. The number of hydrogen-bond donors (Lipinski definition) is 1. The summed E-state index contributed by atoms with van der Waals surface area (Å²) in [5.41, 5.74) is 2.20. The van der Waals surface area contributed by atoms with Crippen molar-refractivity contribution >= 4 is 39.4 Å². The number of benzene rings is 2. The summed E-state index contributed by atoms with van der Waals surface area (Å²) in [7, 11) is 4.91. The van der Waals surface area contributed by atoms with E-state index in [9.17, 15) is 22.5 Å². The Hall–Kier alpha value is -3.57. The van der Waals surface area contributed by atoms with Crippen LogP contribution in [0.1, 0.15) is 31.9 Å². The minimum atomic E-state index is -4.43. The van der Waals surface area contributed by atoms with E-state index in [1.807, 2.05) is 18.0 Å². The first-order valence-electron chi connectivity index (χ1n) is 15.5. The molecule has 0 radical (unpaired) electrons. The molecule has 256 valence electrons. The molecule has 13 heteroatoms. The van der Waals surface area contributed by atoms with E-state index in [0.717, 1.165) is 37.3 Å². The number of nitrogens with zero attached hydrogens (tertiary/aromatic N) is 3. The van der Waals surface area contributed by atoms with Crippen LogP contribution in [0.3, 0.4) is 0 Å². The number of piperidine rings is 1. The van der Waals surface area contributed by atoms with Gasteiger partial charge in [0.25, 0.3) is 0 Å². The van der Waals surface area contributed by atoms with Crippen molar-refractivity contribution < 1.29 is 36.7 Å². The zero-order chi connectivity index (χ0) is 34.1. The molecule has 0 spiro atoms. The third-order valence-corrected chi connectivity index (χ3v) is 8.98. The normalized spacial score (nSPS) is 15.5. The monoisotopic (exact) mass is 676 g/mol. The van der Waals surface area contributed by atoms with Gasteiger partial charge in [0, 0.05) is 63.4 Å². The molecule has 0 saturated carbocycles. The molecule has 1 aromatic heterocycles. The molecule has 2 aromatic carbocycles. The molecule has 1 fully saturated rings. The first kappa shape index (κ1) is 36.3. The summed E-state index contributed by atoms with van der Waals surface area (Å²) in [5, 5.41) is 4.24. The molecule has 2 unspecified atom stereocenters. The summed E-state index contributed by atoms with van der Waals surface area (Å²) in [5.74, 6) is 6.28. The fraction of sp³-hybridized carbons (Fsp3) is 0.500. The van der Waals surface area contributed by atoms with Crippen LogP contribution in [0.25, 0.3) is 10.9 Å². The number of nitrogens with one attached hydrogen (secondary N) is 1. The van der Waals surface area contributed by atoms with Crippen LogP contribution in [-0.2, 0) is 32.0 Å². The molecule has 2 atom stereocenters. The highest BCUT2D eigenvalue weighted by atomic mass is 32.2. The number of methoxy groups -OCH3 is 2. The van der Waals surface area contributed by atoms with E-state index in [1.54, 1.807) is 56.7 Å². The third kappa shape index (κ3) is 9.96. The number of carbonyl (C=O) groups is 1. The van der Waals surface area contributed by atoms with Gasteiger partial charge in [0.2, 0.25) is 0 Å². The first-order chi connectivity index (χ1) is 22.4. The Morgan fingerprint density at radius 2 is 1.94 bits per heavy atom. The number of rotatable bonds is 13. The summed E-state index contributed by atoms with van der Waals surface area (Å²) in [4.78, 5) is 16.5. The number of fused-ring (bicyclic) bond motifs is 1. The number of esters is 1. The van der Waals surface area contributed by atoms with Crippen LogP contribution in [0, 0.1) is 11.8 Å². The number of aromatic nitrogens is 1. The quantitative estimate of drug-likeness (QED) is 0.149.